The molecule has 4 amide bonds. The number of aromatic nitrogens is 12. The molecule has 27 nitrogen and oxygen atoms in total. The number of ketones is 1. The molecule has 0 spiro atoms. The molecule has 96 heavy (non-hydrogen) atoms. The molecular weight excluding hydrogens is 1290 g/mol. The van der Waals surface area contributed by atoms with Crippen LogP contribution in [0.3, 0.4) is 0 Å². The number of hydrogen-bond acceptors (Lipinski definition) is 20. The smallest absolute Gasteiger partial charge is 0.257 e. The van der Waals surface area contributed by atoms with Gasteiger partial charge in [0.25, 0.3) is 17.7 Å². The van der Waals surface area contributed by atoms with Crippen molar-refractivity contribution in [3.63, 3.8) is 0 Å². The maximum absolute atomic E-state index is 12.9. The van der Waals surface area contributed by atoms with Crippen molar-refractivity contribution in [1.29, 1.82) is 0 Å². The number of nitrogens with one attached hydrogen (secondary N) is 2. The van der Waals surface area contributed by atoms with Gasteiger partial charge in [0.1, 0.15) is 33.2 Å². The first kappa shape index (κ1) is 68.6. The Morgan fingerprint density at radius 1 is 0.500 bits per heavy atom. The standard InChI is InChI=1S/C24H26N6O3.C19H19ClN6O2.C11H14N4O.C8H6Cl2N2O.C4H7NO/c1-13-14(2)28-30(27-13)20-7-5-6-17(23(20)33-4)26-18-10-16(11-21(31)15-8-9-15)25-19-12-29(3)24(32)22(18)19;1-10-11(2)24-26(23-10)15-7-5-6-12(18(15)28-4)21-13-8-16(20)22-14-9-25(3)19(27)17(13)14;1-7-8(2)14-15(13-7)10-6-4-5-9(12)11(10)16-3;1-12-3-5-7(8(12)13)4(9)2-6(10)11-5;5-4(6)3-1-2-3/h5-7,10,15H,8-9,11-12H2,1-4H3,(H,25,26);5-8H,9H2,1-4H3,(H,21,22);4-6H,12H2,1-3H3;2H,3H2,1H3;3H,1-2H2,(H2,5,6). The minimum Gasteiger partial charge on any atom is -0.492 e. The number of benzene rings is 3. The zero-order valence-electron chi connectivity index (χ0n) is 55.0. The second-order valence-corrected chi connectivity index (χ2v) is 24.7. The average Bonchev–Trinajstić information content (AvgIpc) is 1.60. The summed E-state index contributed by atoms with van der Waals surface area (Å²) in [6.07, 6.45) is 4.24. The number of halogens is 3. The molecule has 2 fully saturated rings. The Hall–Kier alpha value is -10.2. The van der Waals surface area contributed by atoms with Crippen LogP contribution in [0.15, 0.2) is 72.8 Å². The lowest BCUT2D eigenvalue weighted by Crippen LogP contribution is -2.18. The highest BCUT2D eigenvalue weighted by molar-refractivity contribution is 6.36. The van der Waals surface area contributed by atoms with E-state index in [1.54, 1.807) is 78.9 Å². The molecule has 0 radical (unpaired) electrons. The molecule has 5 aliphatic rings. The van der Waals surface area contributed by atoms with E-state index in [4.69, 9.17) is 60.5 Å². The number of nitrogens with two attached hydrogens (primary N) is 2. The molecule has 2 saturated carbocycles. The molecule has 9 heterocycles. The Balaban J connectivity index is 0.000000142. The second kappa shape index (κ2) is 28.8. The van der Waals surface area contributed by atoms with Gasteiger partial charge in [-0.1, -0.05) is 53.0 Å². The summed E-state index contributed by atoms with van der Waals surface area (Å²) in [5.41, 5.74) is 25.2. The second-order valence-electron chi connectivity index (χ2n) is 23.5. The first-order chi connectivity index (χ1) is 45.8. The number of carbonyl (C=O) groups excluding carboxylic acids is 5. The van der Waals surface area contributed by atoms with Gasteiger partial charge in [-0.25, -0.2) is 9.97 Å². The number of Topliss-reactive ketones (excluding diaryl/α,β-unsaturated/α-hetero) is 1. The van der Waals surface area contributed by atoms with Crippen molar-refractivity contribution in [2.75, 3.05) is 58.8 Å². The van der Waals surface area contributed by atoms with Gasteiger partial charge in [-0.2, -0.15) is 30.6 Å². The quantitative estimate of drug-likeness (QED) is 0.0581. The van der Waals surface area contributed by atoms with Crippen molar-refractivity contribution >= 4 is 92.7 Å². The minimum atomic E-state index is -0.130. The highest BCUT2D eigenvalue weighted by Crippen LogP contribution is 2.40. The van der Waals surface area contributed by atoms with Crippen molar-refractivity contribution in [3.05, 3.63) is 162 Å². The van der Waals surface area contributed by atoms with Gasteiger partial charge in [0.05, 0.1) is 148 Å². The summed E-state index contributed by atoms with van der Waals surface area (Å²) >= 11 is 17.7. The molecule has 6 N–H and O–H groups in total. The van der Waals surface area contributed by atoms with Gasteiger partial charge in [-0.05, 0) is 122 Å². The summed E-state index contributed by atoms with van der Waals surface area (Å²) in [5.74, 6) is 1.88. The van der Waals surface area contributed by atoms with E-state index in [1.165, 1.54) is 10.9 Å². The fourth-order valence-electron chi connectivity index (χ4n) is 10.5. The number of aryl methyl sites for hydroxylation is 6. The van der Waals surface area contributed by atoms with Crippen molar-refractivity contribution in [3.8, 4) is 34.3 Å². The van der Waals surface area contributed by atoms with Crippen LogP contribution in [-0.2, 0) is 35.6 Å². The van der Waals surface area contributed by atoms with Gasteiger partial charge < -0.3 is 51.0 Å². The number of rotatable bonds is 14. The molecule has 3 aromatic carbocycles. The van der Waals surface area contributed by atoms with E-state index in [0.717, 1.165) is 65.5 Å². The average molecular weight is 1370 g/mol. The van der Waals surface area contributed by atoms with Crippen LogP contribution in [0, 0.1) is 53.4 Å². The Bertz CT molecular complexity index is 4470. The normalized spacial score (nSPS) is 14.0. The largest absolute Gasteiger partial charge is 0.492 e. The number of fused-ring (bicyclic) bond motifs is 3. The number of ether oxygens (including phenoxy) is 3. The summed E-state index contributed by atoms with van der Waals surface area (Å²) < 4.78 is 16.6. The van der Waals surface area contributed by atoms with E-state index in [-0.39, 0.29) is 47.7 Å². The third-order valence-corrected chi connectivity index (χ3v) is 17.0. The van der Waals surface area contributed by atoms with E-state index in [9.17, 15) is 24.0 Å². The minimum absolute atomic E-state index is 0.0934. The highest BCUT2D eigenvalue weighted by atomic mass is 35.5. The van der Waals surface area contributed by atoms with Gasteiger partial charge in [0, 0.05) is 39.4 Å². The van der Waals surface area contributed by atoms with Crippen molar-refractivity contribution in [2.24, 2.45) is 17.6 Å². The Morgan fingerprint density at radius 3 is 1.26 bits per heavy atom. The fraction of sp³-hybridized carbons (Fsp3) is 0.333. The third kappa shape index (κ3) is 15.0. The van der Waals surface area contributed by atoms with Gasteiger partial charge in [-0.15, -0.1) is 14.4 Å². The highest BCUT2D eigenvalue weighted by Gasteiger charge is 2.35. The lowest BCUT2D eigenvalue weighted by Gasteiger charge is -2.16. The van der Waals surface area contributed by atoms with Crippen LogP contribution in [-0.4, -0.2) is 147 Å². The lowest BCUT2D eigenvalue weighted by atomic mass is 10.1. The van der Waals surface area contributed by atoms with E-state index in [2.05, 4.69) is 56.2 Å². The molecule has 9 aromatic rings. The summed E-state index contributed by atoms with van der Waals surface area (Å²) in [5, 5.41) is 34.1. The number of carbonyl (C=O) groups is 5. The molecule has 500 valence electrons. The number of para-hydroxylation sites is 3. The molecule has 2 aliphatic carbocycles. The predicted octanol–water partition coefficient (Wildman–Crippen LogP) is 9.74. The SMILES string of the molecule is CN1Cc2nc(Cl)cc(Cl)c2C1=O.COc1c(N)cccc1-n1nc(C)c(C)n1.COc1c(Nc2cc(CC(=O)C3CC3)nc3c2C(=O)N(C)C3)cccc1-n1nc(C)c(C)n1.COc1c(Nc2cc(Cl)nc3c2C(=O)N(C)C3)cccc1-n1nc(C)c(C)n1.NC(=O)C1CC1. The van der Waals surface area contributed by atoms with Crippen LogP contribution >= 0.6 is 34.8 Å². The van der Waals surface area contributed by atoms with Crippen molar-refractivity contribution in [2.45, 2.75) is 93.3 Å². The van der Waals surface area contributed by atoms with Crippen LogP contribution in [0.5, 0.6) is 17.2 Å². The number of nitrogen functional groups attached to an aromatic ring is 1. The number of pyridine rings is 3. The Kier molecular flexibility index (Phi) is 20.6. The summed E-state index contributed by atoms with van der Waals surface area (Å²) in [6.45, 7) is 12.8. The zero-order chi connectivity index (χ0) is 69.1. The molecule has 0 saturated heterocycles. The van der Waals surface area contributed by atoms with Crippen LogP contribution in [0.2, 0.25) is 15.3 Å². The number of primary amides is 1. The van der Waals surface area contributed by atoms with Crippen molar-refractivity contribution < 1.29 is 38.2 Å². The summed E-state index contributed by atoms with van der Waals surface area (Å²) in [4.78, 5) is 81.7. The fourth-order valence-corrected chi connectivity index (χ4v) is 11.3. The molecule has 14 rings (SSSR count). The maximum Gasteiger partial charge on any atom is 0.257 e. The molecule has 30 heteroatoms. The van der Waals surface area contributed by atoms with Crippen LogP contribution < -0.4 is 36.3 Å². The first-order valence-corrected chi connectivity index (χ1v) is 31.6. The van der Waals surface area contributed by atoms with E-state index < -0.39 is 0 Å². The molecule has 0 unspecified atom stereocenters. The number of amides is 4. The van der Waals surface area contributed by atoms with Gasteiger partial charge >= 0.3 is 0 Å². The lowest BCUT2D eigenvalue weighted by molar-refractivity contribution is -0.120. The third-order valence-electron chi connectivity index (χ3n) is 16.3. The topological polar surface area (TPSA) is 330 Å². The molecule has 6 aromatic heterocycles. The predicted molar refractivity (Wildman–Crippen MR) is 362 cm³/mol. The van der Waals surface area contributed by atoms with Crippen LogP contribution in [0.25, 0.3) is 17.1 Å². The summed E-state index contributed by atoms with van der Waals surface area (Å²) in [6, 6.07) is 21.6. The number of hydrogen-bond donors (Lipinski definition) is 4. The van der Waals surface area contributed by atoms with Crippen LogP contribution in [0.4, 0.5) is 28.4 Å². The Labute approximate surface area is 568 Å². The first-order valence-electron chi connectivity index (χ1n) is 30.5. The molecule has 0 bridgehead atoms. The monoisotopic (exact) mass is 1360 g/mol. The number of anilines is 5. The number of methoxy groups -OCH3 is 3. The van der Waals surface area contributed by atoms with E-state index >= 15 is 0 Å². The maximum atomic E-state index is 12.9. The van der Waals surface area contributed by atoms with E-state index in [1.807, 2.05) is 96.1 Å². The van der Waals surface area contributed by atoms with Crippen molar-refractivity contribution in [1.82, 2.24) is 74.6 Å². The zero-order valence-corrected chi connectivity index (χ0v) is 57.3. The molecule has 3 aliphatic heterocycles. The van der Waals surface area contributed by atoms with E-state index in [0.29, 0.717) is 131 Å². The van der Waals surface area contributed by atoms with Crippen LogP contribution in [0.1, 0.15) is 114 Å². The Morgan fingerprint density at radius 2 is 0.865 bits per heavy atom. The van der Waals surface area contributed by atoms with Gasteiger partial charge in [0.15, 0.2) is 17.2 Å². The van der Waals surface area contributed by atoms with Gasteiger partial charge in [-0.3, -0.25) is 29.0 Å². The summed E-state index contributed by atoms with van der Waals surface area (Å²) in [7, 11) is 9.93. The van der Waals surface area contributed by atoms with Gasteiger partial charge in [0.2, 0.25) is 5.91 Å². The number of nitrogens with zero attached hydrogens (tertiary/aromatic N) is 15. The molecular formula is C66H72Cl3N19O8. The molecule has 0 atom stereocenters.